The number of hydrogen-bond acceptors (Lipinski definition) is 1. The molecule has 3 atom stereocenters. The van der Waals surface area contributed by atoms with Crippen LogP contribution in [0.4, 0.5) is 0 Å². The first kappa shape index (κ1) is 11.7. The van der Waals surface area contributed by atoms with Gasteiger partial charge in [0.05, 0.1) is 0 Å². The molecule has 1 nitrogen and oxygen atoms in total. The number of carbonyl (C=O) groups excluding carboxylic acids is 1. The molecule has 0 heterocycles. The third kappa shape index (κ3) is 2.37. The van der Waals surface area contributed by atoms with Crippen LogP contribution in [0, 0.1) is 23.7 Å². The number of ketones is 1. The summed E-state index contributed by atoms with van der Waals surface area (Å²) in [4.78, 5) is 12.2. The second-order valence-corrected chi connectivity index (χ2v) is 5.20. The molecular weight excluding hydrogens is 172 g/mol. The van der Waals surface area contributed by atoms with Crippen molar-refractivity contribution in [2.75, 3.05) is 0 Å². The van der Waals surface area contributed by atoms with E-state index in [-0.39, 0.29) is 0 Å². The van der Waals surface area contributed by atoms with Crippen LogP contribution in [0.5, 0.6) is 0 Å². The Labute approximate surface area is 88.3 Å². The largest absolute Gasteiger partial charge is 0.299 e. The minimum atomic E-state index is 0.350. The number of carbonyl (C=O) groups is 1. The Morgan fingerprint density at radius 1 is 1.36 bits per heavy atom. The van der Waals surface area contributed by atoms with Gasteiger partial charge in [-0.1, -0.05) is 34.1 Å². The van der Waals surface area contributed by atoms with Crippen LogP contribution >= 0.6 is 0 Å². The Morgan fingerprint density at radius 2 is 2.00 bits per heavy atom. The van der Waals surface area contributed by atoms with Crippen molar-refractivity contribution >= 4 is 5.78 Å². The zero-order valence-electron chi connectivity index (χ0n) is 10.0. The molecule has 0 radical (unpaired) electrons. The molecule has 0 unspecified atom stereocenters. The predicted octanol–water partition coefficient (Wildman–Crippen LogP) is 3.67. The molecule has 1 heteroatoms. The maximum atomic E-state index is 12.2. The summed E-state index contributed by atoms with van der Waals surface area (Å²) in [5.74, 6) is 2.43. The van der Waals surface area contributed by atoms with Crippen molar-refractivity contribution in [1.82, 2.24) is 0 Å². The zero-order valence-corrected chi connectivity index (χ0v) is 10.0. The van der Waals surface area contributed by atoms with E-state index in [1.54, 1.807) is 0 Å². The fourth-order valence-electron chi connectivity index (χ4n) is 2.74. The molecule has 0 aromatic rings. The Hall–Kier alpha value is -0.330. The van der Waals surface area contributed by atoms with Crippen molar-refractivity contribution in [2.45, 2.75) is 53.4 Å². The van der Waals surface area contributed by atoms with Crippen molar-refractivity contribution in [3.8, 4) is 0 Å². The first-order valence-corrected chi connectivity index (χ1v) is 6.11. The summed E-state index contributed by atoms with van der Waals surface area (Å²) in [6.45, 7) is 8.79. The first-order valence-electron chi connectivity index (χ1n) is 6.11. The molecule has 1 saturated carbocycles. The minimum Gasteiger partial charge on any atom is -0.299 e. The molecule has 0 aliphatic heterocycles. The molecule has 0 saturated heterocycles. The predicted molar refractivity (Wildman–Crippen MR) is 60.1 cm³/mol. The van der Waals surface area contributed by atoms with Gasteiger partial charge >= 0.3 is 0 Å². The molecule has 0 N–H and O–H groups in total. The quantitative estimate of drug-likeness (QED) is 0.673. The van der Waals surface area contributed by atoms with Crippen LogP contribution < -0.4 is 0 Å². The number of Topliss-reactive ketones (excluding diaryl/α,β-unsaturated/α-hetero) is 1. The highest BCUT2D eigenvalue weighted by molar-refractivity contribution is 5.84. The van der Waals surface area contributed by atoms with E-state index in [4.69, 9.17) is 0 Å². The van der Waals surface area contributed by atoms with Crippen molar-refractivity contribution in [2.24, 2.45) is 23.7 Å². The first-order chi connectivity index (χ1) is 6.57. The van der Waals surface area contributed by atoms with Gasteiger partial charge in [0.2, 0.25) is 0 Å². The van der Waals surface area contributed by atoms with Crippen LogP contribution in [0.15, 0.2) is 0 Å². The summed E-state index contributed by atoms with van der Waals surface area (Å²) < 4.78 is 0. The average molecular weight is 196 g/mol. The summed E-state index contributed by atoms with van der Waals surface area (Å²) in [5.41, 5.74) is 0. The van der Waals surface area contributed by atoms with Crippen LogP contribution in [-0.4, -0.2) is 5.78 Å². The molecule has 82 valence electrons. The SMILES string of the molecule is CCC[C@H]1C(=O)[C@H](C(C)C)CC[C@@H]1C. The van der Waals surface area contributed by atoms with Gasteiger partial charge in [-0.2, -0.15) is 0 Å². The number of rotatable bonds is 3. The highest BCUT2D eigenvalue weighted by Crippen LogP contribution is 2.36. The Bertz CT molecular complexity index is 195. The van der Waals surface area contributed by atoms with Crippen LogP contribution in [0.3, 0.4) is 0 Å². The third-order valence-corrected chi connectivity index (χ3v) is 3.76. The second kappa shape index (κ2) is 4.95. The van der Waals surface area contributed by atoms with E-state index in [9.17, 15) is 4.79 Å². The van der Waals surface area contributed by atoms with Gasteiger partial charge in [-0.05, 0) is 31.1 Å². The van der Waals surface area contributed by atoms with E-state index < -0.39 is 0 Å². The summed E-state index contributed by atoms with van der Waals surface area (Å²) in [7, 11) is 0. The highest BCUT2D eigenvalue weighted by Gasteiger charge is 2.36. The highest BCUT2D eigenvalue weighted by atomic mass is 16.1. The fraction of sp³-hybridized carbons (Fsp3) is 0.923. The summed E-state index contributed by atoms with van der Waals surface area (Å²) in [5, 5.41) is 0. The maximum absolute atomic E-state index is 12.2. The lowest BCUT2D eigenvalue weighted by Gasteiger charge is -2.34. The average Bonchev–Trinajstić information content (AvgIpc) is 2.11. The van der Waals surface area contributed by atoms with Crippen LogP contribution in [0.1, 0.15) is 53.4 Å². The standard InChI is InChI=1S/C13H24O/c1-5-6-12-10(4)7-8-11(9(2)3)13(12)14/h9-12H,5-8H2,1-4H3/t10-,11-,12+/m0/s1. The fourth-order valence-corrected chi connectivity index (χ4v) is 2.74. The molecule has 1 aliphatic carbocycles. The Kier molecular flexibility index (Phi) is 4.15. The summed E-state index contributed by atoms with van der Waals surface area (Å²) >= 11 is 0. The third-order valence-electron chi connectivity index (χ3n) is 3.76. The molecule has 0 bridgehead atoms. The normalized spacial score (nSPS) is 33.8. The minimum absolute atomic E-state index is 0.350. The molecule has 0 spiro atoms. The summed E-state index contributed by atoms with van der Waals surface area (Å²) in [6.07, 6.45) is 4.62. The van der Waals surface area contributed by atoms with Crippen molar-refractivity contribution in [1.29, 1.82) is 0 Å². The van der Waals surface area contributed by atoms with Crippen molar-refractivity contribution in [3.05, 3.63) is 0 Å². The monoisotopic (exact) mass is 196 g/mol. The van der Waals surface area contributed by atoms with Crippen LogP contribution in [0.25, 0.3) is 0 Å². The van der Waals surface area contributed by atoms with Gasteiger partial charge in [0.25, 0.3) is 0 Å². The van der Waals surface area contributed by atoms with E-state index in [0.29, 0.717) is 29.5 Å². The number of hydrogen-bond donors (Lipinski definition) is 0. The van der Waals surface area contributed by atoms with Crippen LogP contribution in [-0.2, 0) is 4.79 Å². The molecule has 0 aromatic heterocycles. The van der Waals surface area contributed by atoms with Gasteiger partial charge in [0.1, 0.15) is 5.78 Å². The molecule has 0 amide bonds. The van der Waals surface area contributed by atoms with E-state index >= 15 is 0 Å². The maximum Gasteiger partial charge on any atom is 0.139 e. The van der Waals surface area contributed by atoms with Crippen LogP contribution in [0.2, 0.25) is 0 Å². The Balaban J connectivity index is 2.67. The van der Waals surface area contributed by atoms with Crippen molar-refractivity contribution < 1.29 is 4.79 Å². The molecule has 1 aliphatic rings. The van der Waals surface area contributed by atoms with Gasteiger partial charge in [0, 0.05) is 11.8 Å². The topological polar surface area (TPSA) is 17.1 Å². The molecule has 14 heavy (non-hydrogen) atoms. The zero-order chi connectivity index (χ0) is 10.7. The van der Waals surface area contributed by atoms with Gasteiger partial charge < -0.3 is 0 Å². The molecule has 0 aromatic carbocycles. The molecular formula is C13H24O. The van der Waals surface area contributed by atoms with E-state index in [1.165, 1.54) is 6.42 Å². The van der Waals surface area contributed by atoms with E-state index in [1.807, 2.05) is 0 Å². The summed E-state index contributed by atoms with van der Waals surface area (Å²) in [6, 6.07) is 0. The van der Waals surface area contributed by atoms with Gasteiger partial charge in [-0.15, -0.1) is 0 Å². The van der Waals surface area contributed by atoms with E-state index in [2.05, 4.69) is 27.7 Å². The van der Waals surface area contributed by atoms with E-state index in [0.717, 1.165) is 19.3 Å². The van der Waals surface area contributed by atoms with Gasteiger partial charge in [-0.3, -0.25) is 4.79 Å². The lowest BCUT2D eigenvalue weighted by molar-refractivity contribution is -0.133. The Morgan fingerprint density at radius 3 is 2.50 bits per heavy atom. The molecule has 1 fully saturated rings. The van der Waals surface area contributed by atoms with Gasteiger partial charge in [-0.25, -0.2) is 0 Å². The second-order valence-electron chi connectivity index (χ2n) is 5.20. The molecule has 1 rings (SSSR count). The smallest absolute Gasteiger partial charge is 0.139 e. The lowest BCUT2D eigenvalue weighted by atomic mass is 9.69. The lowest BCUT2D eigenvalue weighted by Crippen LogP contribution is -2.36. The van der Waals surface area contributed by atoms with Crippen molar-refractivity contribution in [3.63, 3.8) is 0 Å². The van der Waals surface area contributed by atoms with Gasteiger partial charge in [0.15, 0.2) is 0 Å².